The zero-order chi connectivity index (χ0) is 12.4. The minimum atomic E-state index is -0.141. The van der Waals surface area contributed by atoms with Gasteiger partial charge in [0.2, 0.25) is 0 Å². The second-order valence-electron chi connectivity index (χ2n) is 5.60. The highest BCUT2D eigenvalue weighted by Gasteiger charge is 2.40. The maximum absolute atomic E-state index is 9.60. The Morgan fingerprint density at radius 3 is 2.89 bits per heavy atom. The lowest BCUT2D eigenvalue weighted by molar-refractivity contribution is -0.0841. The first kappa shape index (κ1) is 12.2. The standard InChI is InChI=1S/C15H21NO2/c17-9-15(10-18-11-15)14-5-1-3-12(7-14)13-4-2-6-16-8-13/h1,3,5,7,13,16-17H,2,4,6,8-11H2. The van der Waals surface area contributed by atoms with Crippen molar-refractivity contribution in [1.29, 1.82) is 0 Å². The van der Waals surface area contributed by atoms with E-state index in [4.69, 9.17) is 4.74 Å². The van der Waals surface area contributed by atoms with E-state index in [2.05, 4.69) is 29.6 Å². The third kappa shape index (κ3) is 2.07. The van der Waals surface area contributed by atoms with Gasteiger partial charge in [0.1, 0.15) is 0 Å². The summed E-state index contributed by atoms with van der Waals surface area (Å²) in [6, 6.07) is 8.73. The summed E-state index contributed by atoms with van der Waals surface area (Å²) >= 11 is 0. The second-order valence-corrected chi connectivity index (χ2v) is 5.60. The summed E-state index contributed by atoms with van der Waals surface area (Å²) < 4.78 is 5.30. The molecule has 3 rings (SSSR count). The van der Waals surface area contributed by atoms with Crippen molar-refractivity contribution in [3.63, 3.8) is 0 Å². The molecule has 1 unspecified atom stereocenters. The van der Waals surface area contributed by atoms with Crippen LogP contribution in [0, 0.1) is 0 Å². The summed E-state index contributed by atoms with van der Waals surface area (Å²) in [6.07, 6.45) is 2.52. The van der Waals surface area contributed by atoms with Crippen LogP contribution in [0.4, 0.5) is 0 Å². The molecular weight excluding hydrogens is 226 g/mol. The number of rotatable bonds is 3. The highest BCUT2D eigenvalue weighted by molar-refractivity contribution is 5.34. The first-order valence-corrected chi connectivity index (χ1v) is 6.84. The molecule has 18 heavy (non-hydrogen) atoms. The Morgan fingerprint density at radius 1 is 1.39 bits per heavy atom. The number of hydrogen-bond donors (Lipinski definition) is 2. The molecule has 0 aliphatic carbocycles. The molecule has 1 aromatic rings. The Labute approximate surface area is 108 Å². The monoisotopic (exact) mass is 247 g/mol. The molecule has 0 saturated carbocycles. The van der Waals surface area contributed by atoms with Crippen LogP contribution in [0.3, 0.4) is 0 Å². The Kier molecular flexibility index (Phi) is 3.37. The molecule has 0 aromatic heterocycles. The van der Waals surface area contributed by atoms with Gasteiger partial charge in [0, 0.05) is 6.54 Å². The van der Waals surface area contributed by atoms with Crippen LogP contribution < -0.4 is 5.32 Å². The van der Waals surface area contributed by atoms with Crippen molar-refractivity contribution < 1.29 is 9.84 Å². The zero-order valence-corrected chi connectivity index (χ0v) is 10.7. The molecule has 2 aliphatic heterocycles. The average molecular weight is 247 g/mol. The van der Waals surface area contributed by atoms with Crippen molar-refractivity contribution in [3.05, 3.63) is 35.4 Å². The maximum atomic E-state index is 9.60. The number of aliphatic hydroxyl groups is 1. The van der Waals surface area contributed by atoms with Gasteiger partial charge in [-0.3, -0.25) is 0 Å². The zero-order valence-electron chi connectivity index (χ0n) is 10.7. The Bertz CT molecular complexity index is 403. The number of ether oxygens (including phenoxy) is 1. The number of hydrogen-bond acceptors (Lipinski definition) is 3. The van der Waals surface area contributed by atoms with Gasteiger partial charge in [-0.1, -0.05) is 24.3 Å². The van der Waals surface area contributed by atoms with Gasteiger partial charge >= 0.3 is 0 Å². The normalized spacial score (nSPS) is 26.6. The largest absolute Gasteiger partial charge is 0.395 e. The smallest absolute Gasteiger partial charge is 0.0651 e. The van der Waals surface area contributed by atoms with Crippen molar-refractivity contribution in [1.82, 2.24) is 5.32 Å². The van der Waals surface area contributed by atoms with E-state index < -0.39 is 0 Å². The number of piperidine rings is 1. The van der Waals surface area contributed by atoms with E-state index in [0.29, 0.717) is 19.1 Å². The third-order valence-corrected chi connectivity index (χ3v) is 4.33. The fourth-order valence-electron chi connectivity index (χ4n) is 2.96. The molecule has 0 radical (unpaired) electrons. The Hall–Kier alpha value is -0.900. The van der Waals surface area contributed by atoms with E-state index in [1.165, 1.54) is 24.0 Å². The maximum Gasteiger partial charge on any atom is 0.0651 e. The number of aliphatic hydroxyl groups excluding tert-OH is 1. The fraction of sp³-hybridized carbons (Fsp3) is 0.600. The summed E-state index contributed by atoms with van der Waals surface area (Å²) in [5, 5.41) is 13.1. The number of nitrogens with one attached hydrogen (secondary N) is 1. The summed E-state index contributed by atoms with van der Waals surface area (Å²) in [7, 11) is 0. The van der Waals surface area contributed by atoms with Crippen molar-refractivity contribution in [2.24, 2.45) is 0 Å². The predicted octanol–water partition coefficient (Wildman–Crippen LogP) is 1.41. The van der Waals surface area contributed by atoms with Gasteiger partial charge in [0.25, 0.3) is 0 Å². The first-order chi connectivity index (χ1) is 8.84. The van der Waals surface area contributed by atoms with Crippen LogP contribution in [0.5, 0.6) is 0 Å². The van der Waals surface area contributed by atoms with Crippen molar-refractivity contribution in [2.75, 3.05) is 32.9 Å². The SMILES string of the molecule is OCC1(c2cccc(C3CCCNC3)c2)COC1. The van der Waals surface area contributed by atoms with Crippen molar-refractivity contribution in [3.8, 4) is 0 Å². The lowest BCUT2D eigenvalue weighted by Crippen LogP contribution is -2.49. The molecule has 2 aliphatic rings. The van der Waals surface area contributed by atoms with E-state index in [9.17, 15) is 5.11 Å². The fourth-order valence-corrected chi connectivity index (χ4v) is 2.96. The van der Waals surface area contributed by atoms with Gasteiger partial charge in [-0.05, 0) is 36.4 Å². The lowest BCUT2D eigenvalue weighted by atomic mass is 9.77. The first-order valence-electron chi connectivity index (χ1n) is 6.84. The lowest BCUT2D eigenvalue weighted by Gasteiger charge is -2.40. The van der Waals surface area contributed by atoms with Crippen molar-refractivity contribution in [2.45, 2.75) is 24.2 Å². The molecule has 3 nitrogen and oxygen atoms in total. The van der Waals surface area contributed by atoms with Gasteiger partial charge in [0.15, 0.2) is 0 Å². The van der Waals surface area contributed by atoms with Crippen molar-refractivity contribution >= 4 is 0 Å². The van der Waals surface area contributed by atoms with E-state index >= 15 is 0 Å². The second kappa shape index (κ2) is 5.00. The quantitative estimate of drug-likeness (QED) is 0.848. The number of benzene rings is 1. The van der Waals surface area contributed by atoms with Crippen LogP contribution in [0.15, 0.2) is 24.3 Å². The summed E-state index contributed by atoms with van der Waals surface area (Å²) in [5.74, 6) is 0.621. The van der Waals surface area contributed by atoms with Gasteiger partial charge in [-0.2, -0.15) is 0 Å². The van der Waals surface area contributed by atoms with Gasteiger partial charge < -0.3 is 15.2 Å². The highest BCUT2D eigenvalue weighted by atomic mass is 16.5. The van der Waals surface area contributed by atoms with E-state index in [1.54, 1.807) is 0 Å². The highest BCUT2D eigenvalue weighted by Crippen LogP contribution is 2.34. The van der Waals surface area contributed by atoms with Gasteiger partial charge in [0.05, 0.1) is 25.2 Å². The molecule has 1 aromatic carbocycles. The van der Waals surface area contributed by atoms with Crippen LogP contribution in [-0.4, -0.2) is 38.0 Å². The summed E-state index contributed by atoms with van der Waals surface area (Å²) in [4.78, 5) is 0. The van der Waals surface area contributed by atoms with Gasteiger partial charge in [-0.25, -0.2) is 0 Å². The molecule has 2 N–H and O–H groups in total. The topological polar surface area (TPSA) is 41.5 Å². The summed E-state index contributed by atoms with van der Waals surface area (Å²) in [5.41, 5.74) is 2.50. The molecule has 1 atom stereocenters. The Morgan fingerprint density at radius 2 is 2.28 bits per heavy atom. The van der Waals surface area contributed by atoms with Crippen LogP contribution in [0.25, 0.3) is 0 Å². The molecule has 0 bridgehead atoms. The third-order valence-electron chi connectivity index (χ3n) is 4.33. The van der Waals surface area contributed by atoms with Crippen LogP contribution in [0.2, 0.25) is 0 Å². The minimum absolute atomic E-state index is 0.141. The van der Waals surface area contributed by atoms with E-state index in [1.807, 2.05) is 0 Å². The van der Waals surface area contributed by atoms with Crippen LogP contribution in [0.1, 0.15) is 29.9 Å². The average Bonchev–Trinajstić information content (AvgIpc) is 2.40. The predicted molar refractivity (Wildman–Crippen MR) is 70.9 cm³/mol. The summed E-state index contributed by atoms with van der Waals surface area (Å²) in [6.45, 7) is 3.70. The molecule has 0 spiro atoms. The Balaban J connectivity index is 1.84. The van der Waals surface area contributed by atoms with Crippen LogP contribution in [-0.2, 0) is 10.2 Å². The van der Waals surface area contributed by atoms with E-state index in [-0.39, 0.29) is 12.0 Å². The molecule has 2 fully saturated rings. The molecule has 0 amide bonds. The molecule has 98 valence electrons. The minimum Gasteiger partial charge on any atom is -0.395 e. The van der Waals surface area contributed by atoms with E-state index in [0.717, 1.165) is 13.1 Å². The molecule has 2 heterocycles. The van der Waals surface area contributed by atoms with Crippen LogP contribution >= 0.6 is 0 Å². The molecule has 2 saturated heterocycles. The van der Waals surface area contributed by atoms with Gasteiger partial charge in [-0.15, -0.1) is 0 Å². The molecule has 3 heteroatoms. The molecular formula is C15H21NO2.